The van der Waals surface area contributed by atoms with E-state index < -0.39 is 5.97 Å². The van der Waals surface area contributed by atoms with Crippen molar-refractivity contribution < 1.29 is 14.7 Å². The van der Waals surface area contributed by atoms with E-state index in [2.05, 4.69) is 41.0 Å². The maximum Gasteiger partial charge on any atom is 0.308 e. The van der Waals surface area contributed by atoms with Gasteiger partial charge in [-0.3, -0.25) is 14.5 Å². The summed E-state index contributed by atoms with van der Waals surface area (Å²) >= 11 is 0. The predicted octanol–water partition coefficient (Wildman–Crippen LogP) is 1.44. The van der Waals surface area contributed by atoms with Crippen LogP contribution in [0, 0.1) is 12.8 Å². The molecular formula is C19H27N3O3. The fourth-order valence-electron chi connectivity index (χ4n) is 3.65. The molecule has 0 saturated carbocycles. The Labute approximate surface area is 149 Å². The number of amides is 1. The minimum absolute atomic E-state index is 0.0878. The lowest BCUT2D eigenvalue weighted by atomic mass is 10.1. The zero-order valence-corrected chi connectivity index (χ0v) is 14.9. The largest absolute Gasteiger partial charge is 0.481 e. The first-order chi connectivity index (χ1) is 12.0. The first-order valence-electron chi connectivity index (χ1n) is 9.07. The Hall–Kier alpha value is -2.08. The van der Waals surface area contributed by atoms with Gasteiger partial charge in [0.1, 0.15) is 0 Å². The van der Waals surface area contributed by atoms with Gasteiger partial charge in [-0.1, -0.05) is 12.1 Å². The van der Waals surface area contributed by atoms with Crippen molar-refractivity contribution in [1.82, 2.24) is 9.80 Å². The van der Waals surface area contributed by atoms with E-state index in [0.717, 1.165) is 32.7 Å². The molecule has 2 saturated heterocycles. The number of carboxylic acid groups (broad SMARTS) is 1. The lowest BCUT2D eigenvalue weighted by Gasteiger charge is -2.36. The maximum atomic E-state index is 12.3. The third-order valence-electron chi connectivity index (χ3n) is 5.27. The molecule has 3 rings (SSSR count). The van der Waals surface area contributed by atoms with Crippen LogP contribution >= 0.6 is 0 Å². The summed E-state index contributed by atoms with van der Waals surface area (Å²) in [5.41, 5.74) is 2.54. The van der Waals surface area contributed by atoms with Gasteiger partial charge < -0.3 is 14.9 Å². The first-order valence-corrected chi connectivity index (χ1v) is 9.07. The number of carbonyl (C=O) groups excluding carboxylic acids is 1. The van der Waals surface area contributed by atoms with Crippen LogP contribution in [0.1, 0.15) is 18.4 Å². The van der Waals surface area contributed by atoms with Crippen LogP contribution in [0.15, 0.2) is 24.3 Å². The van der Waals surface area contributed by atoms with Gasteiger partial charge >= 0.3 is 5.97 Å². The molecule has 1 atom stereocenters. The lowest BCUT2D eigenvalue weighted by Crippen LogP contribution is -2.47. The predicted molar refractivity (Wildman–Crippen MR) is 96.8 cm³/mol. The molecule has 0 spiro atoms. The highest BCUT2D eigenvalue weighted by Gasteiger charge is 2.30. The number of carbonyl (C=O) groups is 2. The summed E-state index contributed by atoms with van der Waals surface area (Å²) in [6.45, 7) is 7.68. The van der Waals surface area contributed by atoms with Crippen LogP contribution in [0.25, 0.3) is 0 Å². The van der Waals surface area contributed by atoms with Crippen LogP contribution in [-0.4, -0.2) is 72.6 Å². The van der Waals surface area contributed by atoms with Crippen molar-refractivity contribution in [2.75, 3.05) is 50.7 Å². The molecule has 1 aromatic carbocycles. The van der Waals surface area contributed by atoms with Crippen molar-refractivity contribution in [2.24, 2.45) is 5.92 Å². The van der Waals surface area contributed by atoms with Crippen molar-refractivity contribution in [2.45, 2.75) is 19.8 Å². The Kier molecular flexibility index (Phi) is 5.58. The summed E-state index contributed by atoms with van der Waals surface area (Å²) < 4.78 is 0. The second kappa shape index (κ2) is 7.87. The van der Waals surface area contributed by atoms with E-state index in [1.807, 2.05) is 0 Å². The van der Waals surface area contributed by atoms with Gasteiger partial charge in [0, 0.05) is 57.9 Å². The Morgan fingerprint density at radius 2 is 1.92 bits per heavy atom. The summed E-state index contributed by atoms with van der Waals surface area (Å²) in [6.07, 6.45) is 1.06. The molecule has 0 aliphatic carbocycles. The highest BCUT2D eigenvalue weighted by molar-refractivity contribution is 5.78. The molecule has 6 heteroatoms. The molecule has 6 nitrogen and oxygen atoms in total. The SMILES string of the molecule is Cc1cccc(N2CCN(CCC(=O)N3CC[C@H](C(=O)O)C3)CC2)c1. The monoisotopic (exact) mass is 345 g/mol. The van der Waals surface area contributed by atoms with Crippen LogP contribution in [-0.2, 0) is 9.59 Å². The van der Waals surface area contributed by atoms with E-state index in [9.17, 15) is 9.59 Å². The number of hydrogen-bond acceptors (Lipinski definition) is 4. The molecule has 2 aliphatic rings. The minimum Gasteiger partial charge on any atom is -0.481 e. The minimum atomic E-state index is -0.789. The average molecular weight is 345 g/mol. The number of likely N-dealkylation sites (tertiary alicyclic amines) is 1. The second-order valence-corrected chi connectivity index (χ2v) is 7.08. The number of rotatable bonds is 5. The molecule has 1 N–H and O–H groups in total. The van der Waals surface area contributed by atoms with Gasteiger partial charge in [0.05, 0.1) is 5.92 Å². The number of benzene rings is 1. The number of piperazine rings is 1. The standard InChI is InChI=1S/C19H27N3O3/c1-15-3-2-4-17(13-15)21-11-9-20(10-12-21)7-6-18(23)22-8-5-16(14-22)19(24)25/h2-4,13,16H,5-12,14H2,1H3,(H,24,25)/t16-/m0/s1. The van der Waals surface area contributed by atoms with E-state index in [1.165, 1.54) is 11.3 Å². The van der Waals surface area contributed by atoms with Gasteiger partial charge in [0.25, 0.3) is 0 Å². The quantitative estimate of drug-likeness (QED) is 0.875. The number of aryl methyl sites for hydroxylation is 1. The molecule has 2 fully saturated rings. The lowest BCUT2D eigenvalue weighted by molar-refractivity contribution is -0.141. The summed E-state index contributed by atoms with van der Waals surface area (Å²) in [4.78, 5) is 29.7. The molecule has 1 amide bonds. The van der Waals surface area contributed by atoms with Crippen LogP contribution in [0.2, 0.25) is 0 Å². The number of carboxylic acids is 1. The Morgan fingerprint density at radius 3 is 2.56 bits per heavy atom. The molecule has 2 aliphatic heterocycles. The van der Waals surface area contributed by atoms with Gasteiger partial charge in [-0.2, -0.15) is 0 Å². The van der Waals surface area contributed by atoms with Crippen molar-refractivity contribution in [3.05, 3.63) is 29.8 Å². The van der Waals surface area contributed by atoms with E-state index >= 15 is 0 Å². The van der Waals surface area contributed by atoms with Gasteiger partial charge in [-0.25, -0.2) is 0 Å². The van der Waals surface area contributed by atoms with E-state index in [1.54, 1.807) is 4.90 Å². The van der Waals surface area contributed by atoms with E-state index in [-0.39, 0.29) is 11.8 Å². The fraction of sp³-hybridized carbons (Fsp3) is 0.579. The number of nitrogens with zero attached hydrogens (tertiary/aromatic N) is 3. The van der Waals surface area contributed by atoms with Gasteiger partial charge in [0.2, 0.25) is 5.91 Å². The Morgan fingerprint density at radius 1 is 1.16 bits per heavy atom. The summed E-state index contributed by atoms with van der Waals surface area (Å²) in [5.74, 6) is -1.09. The van der Waals surface area contributed by atoms with Crippen molar-refractivity contribution in [1.29, 1.82) is 0 Å². The topological polar surface area (TPSA) is 64.1 Å². The Balaban J connectivity index is 1.41. The molecule has 0 unspecified atom stereocenters. The molecule has 0 bridgehead atoms. The maximum absolute atomic E-state index is 12.3. The fourth-order valence-corrected chi connectivity index (χ4v) is 3.65. The van der Waals surface area contributed by atoms with E-state index in [0.29, 0.717) is 25.9 Å². The zero-order chi connectivity index (χ0) is 17.8. The third kappa shape index (κ3) is 4.51. The molecule has 25 heavy (non-hydrogen) atoms. The molecule has 2 heterocycles. The summed E-state index contributed by atoms with van der Waals surface area (Å²) in [5, 5.41) is 9.03. The first kappa shape index (κ1) is 17.7. The molecule has 136 valence electrons. The molecule has 1 aromatic rings. The highest BCUT2D eigenvalue weighted by atomic mass is 16.4. The normalized spacial score (nSPS) is 21.6. The zero-order valence-electron chi connectivity index (χ0n) is 14.9. The van der Waals surface area contributed by atoms with Crippen LogP contribution in [0.3, 0.4) is 0 Å². The second-order valence-electron chi connectivity index (χ2n) is 7.08. The number of aliphatic carboxylic acids is 1. The third-order valence-corrected chi connectivity index (χ3v) is 5.27. The van der Waals surface area contributed by atoms with Crippen LogP contribution in [0.4, 0.5) is 5.69 Å². The van der Waals surface area contributed by atoms with Gasteiger partial charge in [-0.05, 0) is 31.0 Å². The smallest absolute Gasteiger partial charge is 0.308 e. The Bertz CT molecular complexity index is 626. The summed E-state index contributed by atoms with van der Waals surface area (Å²) in [7, 11) is 0. The molecular weight excluding hydrogens is 318 g/mol. The highest BCUT2D eigenvalue weighted by Crippen LogP contribution is 2.19. The van der Waals surface area contributed by atoms with Gasteiger partial charge in [-0.15, -0.1) is 0 Å². The van der Waals surface area contributed by atoms with E-state index in [4.69, 9.17) is 5.11 Å². The van der Waals surface area contributed by atoms with Crippen molar-refractivity contribution in [3.63, 3.8) is 0 Å². The molecule has 0 radical (unpaired) electrons. The van der Waals surface area contributed by atoms with Crippen molar-refractivity contribution in [3.8, 4) is 0 Å². The van der Waals surface area contributed by atoms with Gasteiger partial charge in [0.15, 0.2) is 0 Å². The van der Waals surface area contributed by atoms with Crippen LogP contribution in [0.5, 0.6) is 0 Å². The molecule has 0 aromatic heterocycles. The summed E-state index contributed by atoms with van der Waals surface area (Å²) in [6, 6.07) is 8.57. The van der Waals surface area contributed by atoms with Crippen LogP contribution < -0.4 is 4.90 Å². The van der Waals surface area contributed by atoms with Crippen molar-refractivity contribution >= 4 is 17.6 Å². The number of hydrogen-bond donors (Lipinski definition) is 1. The number of anilines is 1. The average Bonchev–Trinajstić information content (AvgIpc) is 3.11.